The van der Waals surface area contributed by atoms with Gasteiger partial charge >= 0.3 is 0 Å². The maximum Gasteiger partial charge on any atom is 0.265 e. The van der Waals surface area contributed by atoms with E-state index < -0.39 is 5.91 Å². The molecule has 0 heterocycles. The number of nitrogen functional groups attached to an aromatic ring is 1. The number of amides is 2. The van der Waals surface area contributed by atoms with E-state index in [1.807, 2.05) is 5.43 Å². The van der Waals surface area contributed by atoms with Gasteiger partial charge in [-0.3, -0.25) is 20.2 Å². The molecule has 0 aliphatic rings. The van der Waals surface area contributed by atoms with Crippen molar-refractivity contribution in [3.63, 3.8) is 0 Å². The minimum Gasteiger partial charge on any atom is -0.290 e. The third-order valence-corrected chi connectivity index (χ3v) is 2.11. The van der Waals surface area contributed by atoms with Gasteiger partial charge in [-0.05, 0) is 24.1 Å². The number of hydrazine groups is 1. The van der Waals surface area contributed by atoms with E-state index in [1.54, 1.807) is 29.7 Å². The molecule has 1 aromatic carbocycles. The largest absolute Gasteiger partial charge is 0.290 e. The van der Waals surface area contributed by atoms with Crippen LogP contribution in [0.5, 0.6) is 0 Å². The van der Waals surface area contributed by atoms with Gasteiger partial charge in [0.2, 0.25) is 5.91 Å². The van der Waals surface area contributed by atoms with E-state index in [4.69, 9.17) is 11.0 Å². The van der Waals surface area contributed by atoms with Crippen LogP contribution in [0.1, 0.15) is 22.3 Å². The van der Waals surface area contributed by atoms with Crippen LogP contribution < -0.4 is 16.7 Å². The molecular weight excluding hydrogens is 210 g/mol. The van der Waals surface area contributed by atoms with Crippen LogP contribution in [0.3, 0.4) is 0 Å². The number of hydrogen-bond donors (Lipinski definition) is 4. The van der Waals surface area contributed by atoms with Crippen LogP contribution in [0.4, 0.5) is 0 Å². The van der Waals surface area contributed by atoms with Gasteiger partial charge < -0.3 is 0 Å². The van der Waals surface area contributed by atoms with Crippen LogP contribution in [-0.2, 0) is 11.2 Å². The Morgan fingerprint density at radius 1 is 1.25 bits per heavy atom. The normalized spacial score (nSPS) is 9.62. The molecule has 0 fully saturated rings. The van der Waals surface area contributed by atoms with Gasteiger partial charge in [-0.15, -0.1) is 0 Å². The molecule has 86 valence electrons. The summed E-state index contributed by atoms with van der Waals surface area (Å²) in [5.74, 6) is 4.18. The van der Waals surface area contributed by atoms with Gasteiger partial charge in [0.1, 0.15) is 0 Å². The zero-order valence-corrected chi connectivity index (χ0v) is 8.56. The molecule has 0 atom stereocenters. The average molecular weight is 223 g/mol. The zero-order valence-electron chi connectivity index (χ0n) is 8.56. The van der Waals surface area contributed by atoms with E-state index >= 15 is 0 Å². The van der Waals surface area contributed by atoms with Crippen LogP contribution >= 0.6 is 0 Å². The first-order valence-electron chi connectivity index (χ1n) is 4.70. The Kier molecular flexibility index (Phi) is 4.43. The van der Waals surface area contributed by atoms with Crippen molar-refractivity contribution in [2.45, 2.75) is 12.8 Å². The minimum atomic E-state index is -0.441. The van der Waals surface area contributed by atoms with Crippen molar-refractivity contribution in [2.75, 3.05) is 0 Å². The molecule has 1 rings (SSSR count). The van der Waals surface area contributed by atoms with Crippen LogP contribution in [0.25, 0.3) is 0 Å². The van der Waals surface area contributed by atoms with Gasteiger partial charge in [-0.25, -0.2) is 11.3 Å². The predicted molar refractivity (Wildman–Crippen MR) is 56.3 cm³/mol. The number of nitrogens with one attached hydrogen (secondary N) is 2. The summed E-state index contributed by atoms with van der Waals surface area (Å²) in [5, 5.41) is 8.30. The number of carbonyl (C=O) groups is 2. The molecule has 1 aromatic rings. The molecular formula is C10H13N3O3. The van der Waals surface area contributed by atoms with E-state index in [2.05, 4.69) is 0 Å². The van der Waals surface area contributed by atoms with Crippen LogP contribution in [0, 0.1) is 0 Å². The van der Waals surface area contributed by atoms with E-state index in [1.165, 1.54) is 0 Å². The molecule has 6 nitrogen and oxygen atoms in total. The fraction of sp³-hybridized carbons (Fsp3) is 0.200. The van der Waals surface area contributed by atoms with E-state index in [-0.39, 0.29) is 12.3 Å². The zero-order chi connectivity index (χ0) is 12.0. The van der Waals surface area contributed by atoms with Gasteiger partial charge in [0.05, 0.1) is 0 Å². The summed E-state index contributed by atoms with van der Waals surface area (Å²) in [6, 6.07) is 6.70. The third kappa shape index (κ3) is 3.34. The molecule has 5 N–H and O–H groups in total. The number of hydrogen-bond acceptors (Lipinski definition) is 4. The number of benzene rings is 1. The smallest absolute Gasteiger partial charge is 0.265 e. The highest BCUT2D eigenvalue weighted by Gasteiger charge is 2.04. The van der Waals surface area contributed by atoms with Crippen molar-refractivity contribution in [3.05, 3.63) is 35.4 Å². The second-order valence-electron chi connectivity index (χ2n) is 3.21. The molecule has 0 saturated heterocycles. The first-order chi connectivity index (χ1) is 7.67. The van der Waals surface area contributed by atoms with Crippen LogP contribution in [0.15, 0.2) is 24.3 Å². The Bertz CT molecular complexity index is 375. The van der Waals surface area contributed by atoms with Crippen molar-refractivity contribution in [1.29, 1.82) is 0 Å². The summed E-state index contributed by atoms with van der Waals surface area (Å²) in [5.41, 5.74) is 4.93. The maximum absolute atomic E-state index is 11.1. The molecule has 0 spiro atoms. The van der Waals surface area contributed by atoms with Crippen molar-refractivity contribution < 1.29 is 14.8 Å². The Morgan fingerprint density at radius 3 is 2.38 bits per heavy atom. The second-order valence-corrected chi connectivity index (χ2v) is 3.21. The van der Waals surface area contributed by atoms with Crippen LogP contribution in [-0.4, -0.2) is 17.0 Å². The molecule has 2 amide bonds. The number of carbonyl (C=O) groups excluding carboxylic acids is 2. The molecule has 16 heavy (non-hydrogen) atoms. The van der Waals surface area contributed by atoms with Crippen LogP contribution in [0.2, 0.25) is 0 Å². The highest BCUT2D eigenvalue weighted by atomic mass is 16.5. The number of rotatable bonds is 4. The standard InChI is InChI=1S/C10H13N3O3/c11-12-10(15)8-4-1-7(2-5-8)3-6-9(14)13-16/h1-2,4-5,16H,3,6,11H2,(H,12,15)(H,13,14). The Labute approximate surface area is 92.4 Å². The quantitative estimate of drug-likeness (QED) is 0.244. The second kappa shape index (κ2) is 5.84. The minimum absolute atomic E-state index is 0.193. The van der Waals surface area contributed by atoms with Gasteiger partial charge in [0.15, 0.2) is 0 Å². The maximum atomic E-state index is 11.1. The molecule has 0 unspecified atom stereocenters. The van der Waals surface area contributed by atoms with Crippen molar-refractivity contribution in [1.82, 2.24) is 10.9 Å². The summed E-state index contributed by atoms with van der Waals surface area (Å²) in [6.45, 7) is 0. The fourth-order valence-electron chi connectivity index (χ4n) is 1.22. The number of aryl methyl sites for hydroxylation is 1. The summed E-state index contributed by atoms with van der Waals surface area (Å²) in [7, 11) is 0. The van der Waals surface area contributed by atoms with Gasteiger partial charge in [-0.2, -0.15) is 0 Å². The third-order valence-electron chi connectivity index (χ3n) is 2.11. The predicted octanol–water partition coefficient (Wildman–Crippen LogP) is -0.272. The average Bonchev–Trinajstić information content (AvgIpc) is 2.35. The Hall–Kier alpha value is -1.92. The lowest BCUT2D eigenvalue weighted by Crippen LogP contribution is -2.29. The molecule has 0 aliphatic heterocycles. The summed E-state index contributed by atoms with van der Waals surface area (Å²) < 4.78 is 0. The van der Waals surface area contributed by atoms with Gasteiger partial charge in [0, 0.05) is 12.0 Å². The lowest BCUT2D eigenvalue weighted by molar-refractivity contribution is -0.129. The molecule has 0 aliphatic carbocycles. The highest BCUT2D eigenvalue weighted by molar-refractivity contribution is 5.93. The Morgan fingerprint density at radius 2 is 1.88 bits per heavy atom. The molecule has 0 aromatic heterocycles. The van der Waals surface area contributed by atoms with E-state index in [0.717, 1.165) is 5.56 Å². The first kappa shape index (κ1) is 12.2. The summed E-state index contributed by atoms with van der Waals surface area (Å²) >= 11 is 0. The molecule has 6 heteroatoms. The molecule has 0 radical (unpaired) electrons. The Balaban J connectivity index is 2.58. The lowest BCUT2D eigenvalue weighted by Gasteiger charge is -2.02. The van der Waals surface area contributed by atoms with E-state index in [0.29, 0.717) is 12.0 Å². The SMILES string of the molecule is NNC(=O)c1ccc(CCC(=O)NO)cc1. The summed E-state index contributed by atoms with van der Waals surface area (Å²) in [6.07, 6.45) is 0.690. The topological polar surface area (TPSA) is 104 Å². The monoisotopic (exact) mass is 223 g/mol. The van der Waals surface area contributed by atoms with E-state index in [9.17, 15) is 9.59 Å². The summed E-state index contributed by atoms with van der Waals surface area (Å²) in [4.78, 5) is 21.9. The van der Waals surface area contributed by atoms with Gasteiger partial charge in [0.25, 0.3) is 5.91 Å². The van der Waals surface area contributed by atoms with Crippen molar-refractivity contribution in [3.8, 4) is 0 Å². The van der Waals surface area contributed by atoms with Gasteiger partial charge in [-0.1, -0.05) is 12.1 Å². The van der Waals surface area contributed by atoms with Crippen molar-refractivity contribution in [2.24, 2.45) is 5.84 Å². The van der Waals surface area contributed by atoms with Crippen molar-refractivity contribution >= 4 is 11.8 Å². The molecule has 0 saturated carbocycles. The number of nitrogens with two attached hydrogens (primary N) is 1. The highest BCUT2D eigenvalue weighted by Crippen LogP contribution is 2.06. The fourth-order valence-corrected chi connectivity index (χ4v) is 1.22. The first-order valence-corrected chi connectivity index (χ1v) is 4.70. The molecule has 0 bridgehead atoms. The number of hydroxylamine groups is 1. The lowest BCUT2D eigenvalue weighted by atomic mass is 10.1.